The zero-order valence-corrected chi connectivity index (χ0v) is 22.9. The first-order valence-electron chi connectivity index (χ1n) is 13.5. The monoisotopic (exact) mass is 584 g/mol. The van der Waals surface area contributed by atoms with Crippen molar-refractivity contribution in [1.29, 1.82) is 0 Å². The van der Waals surface area contributed by atoms with Crippen molar-refractivity contribution in [2.24, 2.45) is 5.41 Å². The molecular formula is C30H28ClF3N4O3. The molecule has 0 aromatic heterocycles. The molecule has 214 valence electrons. The Bertz CT molecular complexity index is 1520. The number of nitrogens with one attached hydrogen (secondary N) is 3. The summed E-state index contributed by atoms with van der Waals surface area (Å²) in [5, 5.41) is 9.26. The predicted octanol–water partition coefficient (Wildman–Crippen LogP) is 3.99. The van der Waals surface area contributed by atoms with Gasteiger partial charge in [0.25, 0.3) is 5.91 Å². The molecule has 0 saturated carbocycles. The number of dihydropyridines is 1. The normalized spacial score (nSPS) is 27.0. The number of fused-ring (bicyclic) bond motifs is 2. The van der Waals surface area contributed by atoms with Crippen molar-refractivity contribution in [2.75, 3.05) is 13.1 Å². The molecule has 3 heterocycles. The van der Waals surface area contributed by atoms with E-state index >= 15 is 0 Å². The predicted molar refractivity (Wildman–Crippen MR) is 146 cm³/mol. The summed E-state index contributed by atoms with van der Waals surface area (Å²) in [6.07, 6.45) is 0.357. The molecule has 41 heavy (non-hydrogen) atoms. The molecule has 4 atom stereocenters. The molecule has 2 aromatic rings. The highest BCUT2D eigenvalue weighted by Crippen LogP contribution is 2.47. The highest BCUT2D eigenvalue weighted by Gasteiger charge is 2.52. The molecular weight excluding hydrogens is 557 g/mol. The Hall–Kier alpha value is -3.79. The number of benzene rings is 2. The summed E-state index contributed by atoms with van der Waals surface area (Å²) in [7, 11) is 0. The number of carbonyl (C=O) groups is 3. The molecule has 11 heteroatoms. The van der Waals surface area contributed by atoms with Gasteiger partial charge in [0.15, 0.2) is 0 Å². The van der Waals surface area contributed by atoms with Gasteiger partial charge in [-0.1, -0.05) is 42.0 Å². The van der Waals surface area contributed by atoms with Gasteiger partial charge in [0.05, 0.1) is 5.41 Å². The quantitative estimate of drug-likeness (QED) is 0.507. The van der Waals surface area contributed by atoms with Crippen LogP contribution in [-0.4, -0.2) is 54.0 Å². The summed E-state index contributed by atoms with van der Waals surface area (Å²) >= 11 is 6.16. The molecule has 1 fully saturated rings. The lowest BCUT2D eigenvalue weighted by Crippen LogP contribution is -2.59. The standard InChI is InChI=1S/C30H28ClF3N4O3/c1-16-22(17-4-2-5-21(31)11-17)12-24(27(40)38(16)15-30(32,33)34)36-26(39)18-7-8-19-13-29(14-20(19)10-18)23-6-3-9-35-25(23)37-28(29)41/h2-8,10-11,16,22,24,35H,9,12-15H2,1H3,(H,36,39)(H,37,41)/t16-,22-,24+,29-/m1/s1. The molecule has 3 N–H and O–H groups in total. The fraction of sp³-hybridized carbons (Fsp3) is 0.367. The fourth-order valence-corrected chi connectivity index (χ4v) is 6.85. The number of allylic oxidation sites excluding steroid dienone is 1. The number of hydrogen-bond acceptors (Lipinski definition) is 4. The Morgan fingerprint density at radius 1 is 1.15 bits per heavy atom. The summed E-state index contributed by atoms with van der Waals surface area (Å²) in [6, 6.07) is 10.1. The van der Waals surface area contributed by atoms with Crippen LogP contribution in [0.2, 0.25) is 5.02 Å². The third kappa shape index (κ3) is 4.88. The molecule has 0 radical (unpaired) electrons. The van der Waals surface area contributed by atoms with Crippen molar-refractivity contribution in [2.45, 2.75) is 50.4 Å². The van der Waals surface area contributed by atoms with Gasteiger partial charge in [-0.25, -0.2) is 0 Å². The zero-order valence-electron chi connectivity index (χ0n) is 22.1. The average molecular weight is 585 g/mol. The smallest absolute Gasteiger partial charge is 0.368 e. The molecule has 4 aliphatic rings. The number of rotatable bonds is 4. The summed E-state index contributed by atoms with van der Waals surface area (Å²) in [6.45, 7) is 0.797. The maximum Gasteiger partial charge on any atom is 0.406 e. The van der Waals surface area contributed by atoms with Gasteiger partial charge in [0, 0.05) is 34.7 Å². The SMILES string of the molecule is C[C@@H]1[C@H](c2cccc(Cl)c2)C[C@H](NC(=O)c2ccc3c(c2)C[C@@]2(C3)C(=O)NC3=C2C=CCN3)C(=O)N1CC(F)(F)F. The minimum absolute atomic E-state index is 0.0949. The number of hydrogen-bond donors (Lipinski definition) is 3. The number of amides is 3. The minimum Gasteiger partial charge on any atom is -0.368 e. The maximum atomic E-state index is 13.5. The molecule has 6 rings (SSSR count). The highest BCUT2D eigenvalue weighted by molar-refractivity contribution is 6.30. The Kier molecular flexibility index (Phi) is 6.64. The Balaban J connectivity index is 1.24. The molecule has 0 bridgehead atoms. The summed E-state index contributed by atoms with van der Waals surface area (Å²) in [4.78, 5) is 40.5. The molecule has 1 aliphatic carbocycles. The Morgan fingerprint density at radius 2 is 1.93 bits per heavy atom. The summed E-state index contributed by atoms with van der Waals surface area (Å²) in [5.74, 6) is -1.19. The minimum atomic E-state index is -4.60. The first-order valence-corrected chi connectivity index (χ1v) is 13.8. The van der Waals surface area contributed by atoms with Crippen LogP contribution in [0.15, 0.2) is 66.0 Å². The van der Waals surface area contributed by atoms with Crippen LogP contribution in [0, 0.1) is 5.41 Å². The van der Waals surface area contributed by atoms with Crippen LogP contribution in [0.4, 0.5) is 13.2 Å². The number of piperidine rings is 1. The molecule has 1 spiro atoms. The first kappa shape index (κ1) is 27.4. The van der Waals surface area contributed by atoms with E-state index in [4.69, 9.17) is 11.6 Å². The average Bonchev–Trinajstić information content (AvgIpc) is 3.44. The van der Waals surface area contributed by atoms with Crippen molar-refractivity contribution in [3.8, 4) is 0 Å². The van der Waals surface area contributed by atoms with E-state index in [1.54, 1.807) is 49.4 Å². The van der Waals surface area contributed by atoms with Crippen molar-refractivity contribution in [1.82, 2.24) is 20.9 Å². The van der Waals surface area contributed by atoms with Gasteiger partial charge in [0.2, 0.25) is 11.8 Å². The number of nitrogens with zero attached hydrogens (tertiary/aromatic N) is 1. The van der Waals surface area contributed by atoms with Gasteiger partial charge in [-0.05, 0) is 67.1 Å². The van der Waals surface area contributed by atoms with Crippen molar-refractivity contribution in [3.05, 3.63) is 93.3 Å². The van der Waals surface area contributed by atoms with Crippen LogP contribution >= 0.6 is 11.6 Å². The first-order chi connectivity index (χ1) is 19.4. The van der Waals surface area contributed by atoms with E-state index in [9.17, 15) is 27.6 Å². The molecule has 7 nitrogen and oxygen atoms in total. The number of alkyl halides is 3. The lowest BCUT2D eigenvalue weighted by atomic mass is 9.78. The molecule has 1 saturated heterocycles. The van der Waals surface area contributed by atoms with E-state index < -0.39 is 48.0 Å². The van der Waals surface area contributed by atoms with Crippen LogP contribution in [0.25, 0.3) is 0 Å². The third-order valence-corrected chi connectivity index (χ3v) is 8.90. The molecule has 3 aliphatic heterocycles. The summed E-state index contributed by atoms with van der Waals surface area (Å²) < 4.78 is 40.4. The van der Waals surface area contributed by atoms with E-state index in [0.29, 0.717) is 35.8 Å². The second-order valence-corrected chi connectivity index (χ2v) is 11.6. The van der Waals surface area contributed by atoms with E-state index in [-0.39, 0.29) is 17.9 Å². The highest BCUT2D eigenvalue weighted by atomic mass is 35.5. The van der Waals surface area contributed by atoms with Crippen LogP contribution in [0.5, 0.6) is 0 Å². The third-order valence-electron chi connectivity index (χ3n) is 8.67. The Labute approximate surface area is 239 Å². The van der Waals surface area contributed by atoms with Gasteiger partial charge in [-0.15, -0.1) is 0 Å². The van der Waals surface area contributed by atoms with E-state index in [2.05, 4.69) is 16.0 Å². The molecule has 2 aromatic carbocycles. The number of carbonyl (C=O) groups excluding carboxylic acids is 3. The van der Waals surface area contributed by atoms with E-state index in [1.165, 1.54) is 0 Å². The van der Waals surface area contributed by atoms with E-state index in [0.717, 1.165) is 21.6 Å². The van der Waals surface area contributed by atoms with Gasteiger partial charge in [0.1, 0.15) is 18.4 Å². The zero-order chi connectivity index (χ0) is 29.1. The van der Waals surface area contributed by atoms with Crippen LogP contribution < -0.4 is 16.0 Å². The second kappa shape index (κ2) is 9.94. The van der Waals surface area contributed by atoms with Gasteiger partial charge < -0.3 is 20.9 Å². The Morgan fingerprint density at radius 3 is 2.68 bits per heavy atom. The number of halogens is 4. The van der Waals surface area contributed by atoms with E-state index in [1.807, 2.05) is 12.2 Å². The van der Waals surface area contributed by atoms with Crippen LogP contribution in [0.1, 0.15) is 46.3 Å². The largest absolute Gasteiger partial charge is 0.406 e. The summed E-state index contributed by atoms with van der Waals surface area (Å²) in [5.41, 5.74) is 2.91. The van der Waals surface area contributed by atoms with Gasteiger partial charge in [-0.2, -0.15) is 13.2 Å². The lowest BCUT2D eigenvalue weighted by molar-refractivity contribution is -0.170. The van der Waals surface area contributed by atoms with Crippen molar-refractivity contribution < 1.29 is 27.6 Å². The van der Waals surface area contributed by atoms with Crippen LogP contribution in [0.3, 0.4) is 0 Å². The lowest BCUT2D eigenvalue weighted by Gasteiger charge is -2.43. The van der Waals surface area contributed by atoms with Crippen molar-refractivity contribution in [3.63, 3.8) is 0 Å². The van der Waals surface area contributed by atoms with Crippen LogP contribution in [-0.2, 0) is 22.4 Å². The van der Waals surface area contributed by atoms with Crippen molar-refractivity contribution >= 4 is 29.3 Å². The number of likely N-dealkylation sites (tertiary alicyclic amines) is 1. The fourth-order valence-electron chi connectivity index (χ4n) is 6.65. The van der Waals surface area contributed by atoms with Gasteiger partial charge >= 0.3 is 6.18 Å². The molecule has 3 amide bonds. The maximum absolute atomic E-state index is 13.5. The topological polar surface area (TPSA) is 90.5 Å². The second-order valence-electron chi connectivity index (χ2n) is 11.2. The molecule has 0 unspecified atom stereocenters. The van der Waals surface area contributed by atoms with Gasteiger partial charge in [-0.3, -0.25) is 14.4 Å².